The van der Waals surface area contributed by atoms with E-state index in [1.165, 1.54) is 30.9 Å². The molecule has 1 heterocycles. The van der Waals surface area contributed by atoms with Gasteiger partial charge in [-0.1, -0.05) is 30.3 Å². The normalized spacial score (nSPS) is 16.3. The Morgan fingerprint density at radius 3 is 2.55 bits per heavy atom. The van der Waals surface area contributed by atoms with E-state index >= 15 is 0 Å². The Bertz CT molecular complexity index is 939. The van der Waals surface area contributed by atoms with Crippen molar-refractivity contribution in [1.82, 2.24) is 14.8 Å². The third-order valence-corrected chi connectivity index (χ3v) is 3.18. The highest BCUT2D eigenvalue weighted by atomic mass is 19.1. The Morgan fingerprint density at radius 2 is 1.91 bits per heavy atom. The SMILES string of the molecule is [2H]c1c([2H])c(C(O)(Cn2cncn2)c2ccccc2F)c([2H])c([2H])c1F. The van der Waals surface area contributed by atoms with Crippen LogP contribution in [0.2, 0.25) is 0 Å². The lowest BCUT2D eigenvalue weighted by atomic mass is 9.86. The third kappa shape index (κ3) is 2.60. The van der Waals surface area contributed by atoms with E-state index < -0.39 is 53.5 Å². The van der Waals surface area contributed by atoms with Crippen LogP contribution in [-0.2, 0) is 12.1 Å². The lowest BCUT2D eigenvalue weighted by molar-refractivity contribution is 0.0535. The average Bonchev–Trinajstić information content (AvgIpc) is 3.11. The van der Waals surface area contributed by atoms with Gasteiger partial charge < -0.3 is 5.11 Å². The number of nitrogens with zero attached hydrogens (tertiary/aromatic N) is 3. The van der Waals surface area contributed by atoms with Gasteiger partial charge in [0.2, 0.25) is 0 Å². The number of halogens is 2. The van der Waals surface area contributed by atoms with Gasteiger partial charge in [0, 0.05) is 5.56 Å². The van der Waals surface area contributed by atoms with Gasteiger partial charge in [0.05, 0.1) is 12.0 Å². The predicted octanol–water partition coefficient (Wildman–Crippen LogP) is 2.49. The van der Waals surface area contributed by atoms with Crippen LogP contribution in [-0.4, -0.2) is 19.9 Å². The Kier molecular flexibility index (Phi) is 2.61. The Labute approximate surface area is 131 Å². The molecule has 0 bridgehead atoms. The minimum absolute atomic E-state index is 0.289. The quantitative estimate of drug-likeness (QED) is 0.805. The van der Waals surface area contributed by atoms with Gasteiger partial charge >= 0.3 is 0 Å². The molecule has 0 saturated heterocycles. The van der Waals surface area contributed by atoms with E-state index in [0.717, 1.165) is 10.7 Å². The highest BCUT2D eigenvalue weighted by molar-refractivity contribution is 5.36. The summed E-state index contributed by atoms with van der Waals surface area (Å²) < 4.78 is 60.8. The van der Waals surface area contributed by atoms with Crippen LogP contribution >= 0.6 is 0 Å². The fourth-order valence-corrected chi connectivity index (χ4v) is 2.15. The zero-order valence-corrected chi connectivity index (χ0v) is 11.2. The van der Waals surface area contributed by atoms with Crippen molar-refractivity contribution in [1.29, 1.82) is 0 Å². The average molecular weight is 305 g/mol. The summed E-state index contributed by atoms with van der Waals surface area (Å²) in [6.45, 7) is -0.448. The molecule has 0 fully saturated rings. The van der Waals surface area contributed by atoms with Crippen LogP contribution in [0.15, 0.2) is 61.1 Å². The third-order valence-electron chi connectivity index (χ3n) is 3.18. The number of rotatable bonds is 4. The second-order valence-corrected chi connectivity index (χ2v) is 4.62. The Morgan fingerprint density at radius 1 is 1.18 bits per heavy atom. The monoisotopic (exact) mass is 305 g/mol. The largest absolute Gasteiger partial charge is 0.378 e. The summed E-state index contributed by atoms with van der Waals surface area (Å²) in [6.07, 6.45) is 2.42. The zero-order valence-electron chi connectivity index (χ0n) is 15.2. The molecule has 3 aromatic rings. The van der Waals surface area contributed by atoms with Gasteiger partial charge in [-0.2, -0.15) is 5.10 Å². The van der Waals surface area contributed by atoms with Crippen LogP contribution in [0.4, 0.5) is 8.78 Å². The molecule has 1 N–H and O–H groups in total. The lowest BCUT2D eigenvalue weighted by Gasteiger charge is -2.29. The molecule has 0 amide bonds. The molecule has 22 heavy (non-hydrogen) atoms. The number of aliphatic hydroxyl groups is 1. The number of benzene rings is 2. The van der Waals surface area contributed by atoms with Gasteiger partial charge in [0.15, 0.2) is 0 Å². The molecule has 1 atom stereocenters. The maximum Gasteiger partial charge on any atom is 0.137 e. The fourth-order valence-electron chi connectivity index (χ4n) is 2.15. The van der Waals surface area contributed by atoms with Crippen molar-refractivity contribution in [3.05, 3.63) is 83.9 Å². The summed E-state index contributed by atoms with van der Waals surface area (Å²) in [4.78, 5) is 3.73. The molecule has 112 valence electrons. The first-order valence-electron chi connectivity index (χ1n) is 8.33. The van der Waals surface area contributed by atoms with Gasteiger partial charge in [-0.15, -0.1) is 0 Å². The molecule has 0 aliphatic carbocycles. The molecule has 6 heteroatoms. The first-order chi connectivity index (χ1) is 12.3. The summed E-state index contributed by atoms with van der Waals surface area (Å²) in [5.74, 6) is -2.17. The van der Waals surface area contributed by atoms with Gasteiger partial charge in [0.25, 0.3) is 0 Å². The Hall–Kier alpha value is -2.60. The molecule has 0 spiro atoms. The minimum Gasteiger partial charge on any atom is -0.378 e. The molecular weight excluding hydrogens is 288 g/mol. The molecule has 0 saturated carbocycles. The van der Waals surface area contributed by atoms with Crippen molar-refractivity contribution in [3.8, 4) is 0 Å². The maximum absolute atomic E-state index is 14.4. The van der Waals surface area contributed by atoms with Gasteiger partial charge in [-0.05, 0) is 23.7 Å². The number of hydrogen-bond acceptors (Lipinski definition) is 3. The van der Waals surface area contributed by atoms with Crippen molar-refractivity contribution < 1.29 is 19.4 Å². The smallest absolute Gasteiger partial charge is 0.137 e. The van der Waals surface area contributed by atoms with E-state index in [0.29, 0.717) is 0 Å². The number of hydrogen-bond donors (Lipinski definition) is 1. The lowest BCUT2D eigenvalue weighted by Crippen LogP contribution is -2.34. The highest BCUT2D eigenvalue weighted by Crippen LogP contribution is 2.33. The summed E-state index contributed by atoms with van der Waals surface area (Å²) in [5, 5.41) is 15.2. The molecule has 3 rings (SSSR count). The van der Waals surface area contributed by atoms with Gasteiger partial charge in [-0.25, -0.2) is 18.4 Å². The summed E-state index contributed by atoms with van der Waals surface area (Å²) >= 11 is 0. The molecule has 1 unspecified atom stereocenters. The molecule has 4 nitrogen and oxygen atoms in total. The highest BCUT2D eigenvalue weighted by Gasteiger charge is 2.35. The van der Waals surface area contributed by atoms with Crippen molar-refractivity contribution in [2.75, 3.05) is 0 Å². The molecule has 2 aromatic carbocycles. The fraction of sp³-hybridized carbons (Fsp3) is 0.125. The molecule has 0 aliphatic heterocycles. The second kappa shape index (κ2) is 5.65. The van der Waals surface area contributed by atoms with E-state index in [1.54, 1.807) is 0 Å². The van der Waals surface area contributed by atoms with Crippen molar-refractivity contribution in [3.63, 3.8) is 0 Å². The summed E-state index contributed by atoms with van der Waals surface area (Å²) in [5.41, 5.74) is -3.18. The predicted molar refractivity (Wildman–Crippen MR) is 75.8 cm³/mol. The van der Waals surface area contributed by atoms with E-state index in [9.17, 15) is 13.9 Å². The van der Waals surface area contributed by atoms with E-state index in [-0.39, 0.29) is 5.56 Å². The van der Waals surface area contributed by atoms with Crippen molar-refractivity contribution in [2.45, 2.75) is 12.1 Å². The minimum atomic E-state index is -2.34. The second-order valence-electron chi connectivity index (χ2n) is 4.62. The summed E-state index contributed by atoms with van der Waals surface area (Å²) in [7, 11) is 0. The first-order valence-corrected chi connectivity index (χ1v) is 6.33. The molecular formula is C16H13F2N3O. The van der Waals surface area contributed by atoms with E-state index in [4.69, 9.17) is 5.48 Å². The van der Waals surface area contributed by atoms with Crippen LogP contribution in [0.25, 0.3) is 0 Å². The first kappa shape index (κ1) is 10.2. The van der Waals surface area contributed by atoms with Gasteiger partial charge in [-0.3, -0.25) is 0 Å². The van der Waals surface area contributed by atoms with Crippen LogP contribution < -0.4 is 0 Å². The van der Waals surface area contributed by atoms with Crippen LogP contribution in [0.1, 0.15) is 16.6 Å². The van der Waals surface area contributed by atoms with Crippen molar-refractivity contribution >= 4 is 0 Å². The molecule has 0 aliphatic rings. The maximum atomic E-state index is 14.4. The molecule has 0 radical (unpaired) electrons. The van der Waals surface area contributed by atoms with Gasteiger partial charge in [0.1, 0.15) is 29.9 Å². The molecule has 1 aromatic heterocycles. The van der Waals surface area contributed by atoms with Crippen molar-refractivity contribution in [2.24, 2.45) is 0 Å². The van der Waals surface area contributed by atoms with Crippen LogP contribution in [0.5, 0.6) is 0 Å². The van der Waals surface area contributed by atoms with Crippen LogP contribution in [0.3, 0.4) is 0 Å². The zero-order chi connectivity index (χ0) is 19.1. The summed E-state index contributed by atoms with van der Waals surface area (Å²) in [6, 6.07) is 1.69. The van der Waals surface area contributed by atoms with Crippen LogP contribution in [0, 0.1) is 11.6 Å². The number of aromatic nitrogens is 3. The standard InChI is InChI=1S/C16H13F2N3O/c17-13-7-5-12(6-8-13)16(22,9-21-11-19-10-20-21)14-3-1-2-4-15(14)18/h1-8,10-11,22H,9H2/i5D,6D,7D,8D. The Balaban J connectivity index is 2.35. The topological polar surface area (TPSA) is 50.9 Å². The van der Waals surface area contributed by atoms with E-state index in [1.807, 2.05) is 0 Å². The van der Waals surface area contributed by atoms with E-state index in [2.05, 4.69) is 10.1 Å².